The maximum Gasteiger partial charge on any atom is 0.308 e. The lowest BCUT2D eigenvalue weighted by Gasteiger charge is -2.16. The van der Waals surface area contributed by atoms with Crippen molar-refractivity contribution < 1.29 is 24.2 Å². The highest BCUT2D eigenvalue weighted by atomic mass is 16.5. The Kier molecular flexibility index (Phi) is 7.00. The minimum atomic E-state index is -0.910. The molecule has 7 nitrogen and oxygen atoms in total. The molecule has 0 bridgehead atoms. The Bertz CT molecular complexity index is 642. The molecule has 1 aliphatic rings. The van der Waals surface area contributed by atoms with Gasteiger partial charge in [-0.2, -0.15) is 0 Å². The summed E-state index contributed by atoms with van der Waals surface area (Å²) in [6.07, 6.45) is 1.95. The van der Waals surface area contributed by atoms with Gasteiger partial charge in [-0.15, -0.1) is 0 Å². The molecule has 1 fully saturated rings. The van der Waals surface area contributed by atoms with Crippen LogP contribution in [0.3, 0.4) is 0 Å². The van der Waals surface area contributed by atoms with Gasteiger partial charge in [0.2, 0.25) is 5.91 Å². The Labute approximate surface area is 153 Å². The van der Waals surface area contributed by atoms with Crippen molar-refractivity contribution in [3.63, 3.8) is 0 Å². The van der Waals surface area contributed by atoms with E-state index >= 15 is 0 Å². The molecule has 1 aromatic rings. The molecular formula is C19H26N2O5. The van der Waals surface area contributed by atoms with E-state index in [2.05, 4.69) is 5.32 Å². The first kappa shape index (κ1) is 19.8. The molecule has 0 aromatic heterocycles. The third-order valence-corrected chi connectivity index (χ3v) is 4.24. The molecule has 2 N–H and O–H groups in total. The second-order valence-corrected chi connectivity index (χ2v) is 6.90. The monoisotopic (exact) mass is 362 g/mol. The quantitative estimate of drug-likeness (QED) is 0.701. The SMILES string of the molecule is CC(C)CC(CNC(=O)COc1ccc(N2CCCC2=O)cc1)C(=O)O. The first-order valence-electron chi connectivity index (χ1n) is 8.89. The highest BCUT2D eigenvalue weighted by Crippen LogP contribution is 2.23. The number of hydrogen-bond acceptors (Lipinski definition) is 4. The maximum atomic E-state index is 11.9. The molecule has 1 atom stereocenters. The minimum Gasteiger partial charge on any atom is -0.484 e. The first-order valence-corrected chi connectivity index (χ1v) is 8.89. The fourth-order valence-corrected chi connectivity index (χ4v) is 2.92. The van der Waals surface area contributed by atoms with Gasteiger partial charge in [0.25, 0.3) is 5.91 Å². The lowest BCUT2D eigenvalue weighted by atomic mass is 9.97. The molecule has 2 amide bonds. The van der Waals surface area contributed by atoms with Crippen LogP contribution in [-0.2, 0) is 14.4 Å². The molecule has 2 rings (SSSR count). The topological polar surface area (TPSA) is 95.9 Å². The van der Waals surface area contributed by atoms with E-state index in [0.717, 1.165) is 18.7 Å². The summed E-state index contributed by atoms with van der Waals surface area (Å²) in [4.78, 5) is 36.5. The second-order valence-electron chi connectivity index (χ2n) is 6.90. The average molecular weight is 362 g/mol. The van der Waals surface area contributed by atoms with Crippen LogP contribution in [0.5, 0.6) is 5.75 Å². The smallest absolute Gasteiger partial charge is 0.308 e. The minimum absolute atomic E-state index is 0.0890. The van der Waals surface area contributed by atoms with Gasteiger partial charge < -0.3 is 20.1 Å². The third kappa shape index (κ3) is 5.75. The van der Waals surface area contributed by atoms with Gasteiger partial charge in [0.15, 0.2) is 6.61 Å². The van der Waals surface area contributed by atoms with Gasteiger partial charge in [0.05, 0.1) is 5.92 Å². The standard InChI is InChI=1S/C19H26N2O5/c1-13(2)10-14(19(24)25)11-20-17(22)12-26-16-7-5-15(6-8-16)21-9-3-4-18(21)23/h5-8,13-14H,3-4,9-12H2,1-2H3,(H,20,22)(H,24,25). The predicted octanol–water partition coefficient (Wildman–Crippen LogP) is 2.06. The zero-order valence-electron chi connectivity index (χ0n) is 15.2. The largest absolute Gasteiger partial charge is 0.484 e. The molecular weight excluding hydrogens is 336 g/mol. The Balaban J connectivity index is 1.78. The highest BCUT2D eigenvalue weighted by Gasteiger charge is 2.22. The van der Waals surface area contributed by atoms with E-state index in [1.54, 1.807) is 29.2 Å². The summed E-state index contributed by atoms with van der Waals surface area (Å²) in [6, 6.07) is 7.01. The molecule has 142 valence electrons. The van der Waals surface area contributed by atoms with Crippen molar-refractivity contribution in [3.8, 4) is 5.75 Å². The van der Waals surface area contributed by atoms with Crippen LogP contribution in [0.1, 0.15) is 33.1 Å². The first-order chi connectivity index (χ1) is 12.4. The number of benzene rings is 1. The van der Waals surface area contributed by atoms with Crippen LogP contribution in [0.15, 0.2) is 24.3 Å². The third-order valence-electron chi connectivity index (χ3n) is 4.24. The Morgan fingerprint density at radius 2 is 1.96 bits per heavy atom. The van der Waals surface area contributed by atoms with Crippen LogP contribution < -0.4 is 15.0 Å². The van der Waals surface area contributed by atoms with Gasteiger partial charge in [0, 0.05) is 25.2 Å². The second kappa shape index (κ2) is 9.22. The van der Waals surface area contributed by atoms with E-state index in [1.165, 1.54) is 0 Å². The average Bonchev–Trinajstić information content (AvgIpc) is 3.02. The molecule has 1 unspecified atom stereocenters. The number of nitrogens with one attached hydrogen (secondary N) is 1. The normalized spacial score (nSPS) is 15.2. The van der Waals surface area contributed by atoms with Crippen LogP contribution in [0.4, 0.5) is 5.69 Å². The Morgan fingerprint density at radius 3 is 2.50 bits per heavy atom. The van der Waals surface area contributed by atoms with E-state index in [-0.39, 0.29) is 30.9 Å². The summed E-state index contributed by atoms with van der Waals surface area (Å²) in [6.45, 7) is 4.52. The molecule has 1 aliphatic heterocycles. The van der Waals surface area contributed by atoms with Gasteiger partial charge in [-0.1, -0.05) is 13.8 Å². The van der Waals surface area contributed by atoms with E-state index in [9.17, 15) is 14.4 Å². The van der Waals surface area contributed by atoms with E-state index in [1.807, 2.05) is 13.8 Å². The number of amides is 2. The summed E-state index contributed by atoms with van der Waals surface area (Å²) >= 11 is 0. The van der Waals surface area contributed by atoms with Crippen molar-refractivity contribution in [1.29, 1.82) is 0 Å². The van der Waals surface area contributed by atoms with Crippen molar-refractivity contribution in [1.82, 2.24) is 5.32 Å². The zero-order chi connectivity index (χ0) is 19.1. The van der Waals surface area contributed by atoms with Crippen LogP contribution >= 0.6 is 0 Å². The zero-order valence-corrected chi connectivity index (χ0v) is 15.2. The van der Waals surface area contributed by atoms with Gasteiger partial charge >= 0.3 is 5.97 Å². The Morgan fingerprint density at radius 1 is 1.27 bits per heavy atom. The number of hydrogen-bond donors (Lipinski definition) is 2. The number of carboxylic acid groups (broad SMARTS) is 1. The van der Waals surface area contributed by atoms with Gasteiger partial charge in [-0.3, -0.25) is 14.4 Å². The van der Waals surface area contributed by atoms with Crippen LogP contribution in [0.25, 0.3) is 0 Å². The van der Waals surface area contributed by atoms with E-state index < -0.39 is 11.9 Å². The lowest BCUT2D eigenvalue weighted by Crippen LogP contribution is -2.36. The summed E-state index contributed by atoms with van der Waals surface area (Å²) in [7, 11) is 0. The number of aliphatic carboxylic acids is 1. The van der Waals surface area contributed by atoms with Crippen molar-refractivity contribution in [3.05, 3.63) is 24.3 Å². The van der Waals surface area contributed by atoms with Crippen molar-refractivity contribution in [2.45, 2.75) is 33.1 Å². The number of anilines is 1. The maximum absolute atomic E-state index is 11.9. The molecule has 1 saturated heterocycles. The van der Waals surface area contributed by atoms with Crippen molar-refractivity contribution in [2.24, 2.45) is 11.8 Å². The predicted molar refractivity (Wildman–Crippen MR) is 97.1 cm³/mol. The van der Waals surface area contributed by atoms with Crippen LogP contribution in [-0.4, -0.2) is 42.6 Å². The number of carbonyl (C=O) groups excluding carboxylic acids is 2. The van der Waals surface area contributed by atoms with Crippen LogP contribution in [0.2, 0.25) is 0 Å². The molecule has 7 heteroatoms. The number of nitrogens with zero attached hydrogens (tertiary/aromatic N) is 1. The van der Waals surface area contributed by atoms with Gasteiger partial charge in [-0.05, 0) is 43.0 Å². The van der Waals surface area contributed by atoms with E-state index in [0.29, 0.717) is 18.6 Å². The number of rotatable bonds is 9. The van der Waals surface area contributed by atoms with E-state index in [4.69, 9.17) is 9.84 Å². The Hall–Kier alpha value is -2.57. The molecule has 0 aliphatic carbocycles. The number of carbonyl (C=O) groups is 3. The molecule has 0 spiro atoms. The summed E-state index contributed by atoms with van der Waals surface area (Å²) in [5.74, 6) is -0.993. The van der Waals surface area contributed by atoms with Gasteiger partial charge in [-0.25, -0.2) is 0 Å². The molecule has 0 radical (unpaired) electrons. The molecule has 0 saturated carbocycles. The molecule has 1 heterocycles. The number of ether oxygens (including phenoxy) is 1. The summed E-state index contributed by atoms with van der Waals surface area (Å²) in [5.41, 5.74) is 0.822. The fraction of sp³-hybridized carbons (Fsp3) is 0.526. The fourth-order valence-electron chi connectivity index (χ4n) is 2.92. The molecule has 1 aromatic carbocycles. The van der Waals surface area contributed by atoms with Crippen LogP contribution in [0, 0.1) is 11.8 Å². The van der Waals surface area contributed by atoms with Gasteiger partial charge in [0.1, 0.15) is 5.75 Å². The lowest BCUT2D eigenvalue weighted by molar-refractivity contribution is -0.142. The van der Waals surface area contributed by atoms with Crippen molar-refractivity contribution in [2.75, 3.05) is 24.6 Å². The highest BCUT2D eigenvalue weighted by molar-refractivity contribution is 5.95. The summed E-state index contributed by atoms with van der Waals surface area (Å²) in [5, 5.41) is 11.8. The summed E-state index contributed by atoms with van der Waals surface area (Å²) < 4.78 is 5.42. The number of carboxylic acids is 1. The molecule has 26 heavy (non-hydrogen) atoms. The van der Waals surface area contributed by atoms with Crippen molar-refractivity contribution >= 4 is 23.5 Å².